The lowest BCUT2D eigenvalue weighted by Crippen LogP contribution is -2.32. The highest BCUT2D eigenvalue weighted by atomic mass is 19.4. The van der Waals surface area contributed by atoms with E-state index < -0.39 is 12.1 Å². The molecule has 0 bridgehead atoms. The molecule has 0 saturated heterocycles. The third-order valence-corrected chi connectivity index (χ3v) is 3.44. The summed E-state index contributed by atoms with van der Waals surface area (Å²) in [5, 5.41) is 2.63. The van der Waals surface area contributed by atoms with E-state index in [1.54, 1.807) is 0 Å². The fraction of sp³-hybridized carbons (Fsp3) is 0.643. The van der Waals surface area contributed by atoms with Gasteiger partial charge in [0, 0.05) is 18.2 Å². The molecule has 114 valence electrons. The van der Waals surface area contributed by atoms with E-state index in [2.05, 4.69) is 5.32 Å². The molecule has 3 nitrogen and oxygen atoms in total. The summed E-state index contributed by atoms with van der Waals surface area (Å²) < 4.78 is 37.4. The maximum atomic E-state index is 12.5. The third kappa shape index (κ3) is 5.27. The van der Waals surface area contributed by atoms with Crippen molar-refractivity contribution in [1.29, 1.82) is 0 Å². The minimum atomic E-state index is -4.22. The first-order chi connectivity index (χ1) is 9.34. The van der Waals surface area contributed by atoms with Crippen molar-refractivity contribution >= 4 is 5.91 Å². The van der Waals surface area contributed by atoms with Crippen LogP contribution < -0.4 is 11.1 Å². The summed E-state index contributed by atoms with van der Waals surface area (Å²) in [7, 11) is 0. The van der Waals surface area contributed by atoms with E-state index in [9.17, 15) is 18.0 Å². The SMILES string of the molecule is CC[C@@H](/C=C\CNC(=O)C1CC=C(N)CC1)C(F)(F)F. The number of hydrogen-bond acceptors (Lipinski definition) is 2. The fourth-order valence-electron chi connectivity index (χ4n) is 2.11. The minimum Gasteiger partial charge on any atom is -0.402 e. The monoisotopic (exact) mass is 290 g/mol. The van der Waals surface area contributed by atoms with Gasteiger partial charge in [0.25, 0.3) is 0 Å². The largest absolute Gasteiger partial charge is 0.402 e. The molecule has 0 spiro atoms. The van der Waals surface area contributed by atoms with Gasteiger partial charge in [0.2, 0.25) is 5.91 Å². The van der Waals surface area contributed by atoms with Gasteiger partial charge in [0.15, 0.2) is 0 Å². The molecule has 1 amide bonds. The highest BCUT2D eigenvalue weighted by Gasteiger charge is 2.35. The maximum absolute atomic E-state index is 12.5. The topological polar surface area (TPSA) is 55.1 Å². The Bertz CT molecular complexity index is 388. The quantitative estimate of drug-likeness (QED) is 0.765. The van der Waals surface area contributed by atoms with E-state index >= 15 is 0 Å². The molecular weight excluding hydrogens is 269 g/mol. The molecule has 0 aromatic rings. The van der Waals surface area contributed by atoms with Crippen LogP contribution in [0.15, 0.2) is 23.9 Å². The first kappa shape index (κ1) is 16.6. The molecule has 0 saturated carbocycles. The number of halogens is 3. The van der Waals surface area contributed by atoms with Gasteiger partial charge in [-0.05, 0) is 25.7 Å². The van der Waals surface area contributed by atoms with Crippen LogP contribution in [0.1, 0.15) is 32.6 Å². The highest BCUT2D eigenvalue weighted by molar-refractivity contribution is 5.79. The van der Waals surface area contributed by atoms with Crippen LogP contribution in [0.2, 0.25) is 0 Å². The molecule has 1 aliphatic rings. The van der Waals surface area contributed by atoms with E-state index in [4.69, 9.17) is 5.73 Å². The molecule has 20 heavy (non-hydrogen) atoms. The minimum absolute atomic E-state index is 0.000638. The van der Waals surface area contributed by atoms with Gasteiger partial charge >= 0.3 is 6.18 Å². The number of rotatable bonds is 5. The van der Waals surface area contributed by atoms with E-state index in [-0.39, 0.29) is 24.8 Å². The fourth-order valence-corrected chi connectivity index (χ4v) is 2.11. The van der Waals surface area contributed by atoms with Crippen molar-refractivity contribution in [1.82, 2.24) is 5.32 Å². The summed E-state index contributed by atoms with van der Waals surface area (Å²) in [6.07, 6.45) is 2.08. The molecule has 3 N–H and O–H groups in total. The average molecular weight is 290 g/mol. The number of carbonyl (C=O) groups excluding carboxylic acids is 1. The molecule has 2 atom stereocenters. The van der Waals surface area contributed by atoms with Gasteiger partial charge in [0.05, 0.1) is 5.92 Å². The molecule has 0 heterocycles. The van der Waals surface area contributed by atoms with Crippen LogP contribution in [0.4, 0.5) is 13.2 Å². The summed E-state index contributed by atoms with van der Waals surface area (Å²) in [6.45, 7) is 1.61. The molecule has 0 radical (unpaired) electrons. The first-order valence-corrected chi connectivity index (χ1v) is 6.80. The maximum Gasteiger partial charge on any atom is 0.395 e. The summed E-state index contributed by atoms with van der Waals surface area (Å²) >= 11 is 0. The van der Waals surface area contributed by atoms with Crippen LogP contribution in [0, 0.1) is 11.8 Å². The highest BCUT2D eigenvalue weighted by Crippen LogP contribution is 2.29. The van der Waals surface area contributed by atoms with Gasteiger partial charge in [-0.15, -0.1) is 0 Å². The van der Waals surface area contributed by atoms with E-state index in [0.717, 1.165) is 11.8 Å². The van der Waals surface area contributed by atoms with E-state index in [1.165, 1.54) is 13.0 Å². The second kappa shape index (κ2) is 7.36. The lowest BCUT2D eigenvalue weighted by molar-refractivity contribution is -0.161. The van der Waals surface area contributed by atoms with E-state index in [1.807, 2.05) is 6.08 Å². The van der Waals surface area contributed by atoms with Crippen molar-refractivity contribution in [3.8, 4) is 0 Å². The molecule has 0 fully saturated rings. The number of nitrogens with two attached hydrogens (primary N) is 1. The second-order valence-electron chi connectivity index (χ2n) is 4.98. The standard InChI is InChI=1S/C14H21F3N2O/c1-2-11(14(15,16)17)4-3-9-19-13(20)10-5-7-12(18)8-6-10/h3-4,7,10-11H,2,5-6,8-9,18H2,1H3,(H,19,20)/b4-3-/t10?,11-/m0/s1. The molecule has 1 aliphatic carbocycles. The molecule has 0 aliphatic heterocycles. The lowest BCUT2D eigenvalue weighted by Gasteiger charge is -2.19. The number of nitrogens with one attached hydrogen (secondary N) is 1. The molecule has 0 aromatic carbocycles. The zero-order valence-electron chi connectivity index (χ0n) is 11.5. The zero-order chi connectivity index (χ0) is 15.2. The van der Waals surface area contributed by atoms with Gasteiger partial charge in [-0.25, -0.2) is 0 Å². The van der Waals surface area contributed by atoms with Crippen LogP contribution in [0.3, 0.4) is 0 Å². The number of amides is 1. The Hall–Kier alpha value is -1.46. The van der Waals surface area contributed by atoms with Crippen LogP contribution in [-0.4, -0.2) is 18.6 Å². The Morgan fingerprint density at radius 2 is 2.30 bits per heavy atom. The summed E-state index contributed by atoms with van der Waals surface area (Å²) in [4.78, 5) is 11.8. The Kier molecular flexibility index (Phi) is 6.10. The average Bonchev–Trinajstić information content (AvgIpc) is 2.37. The van der Waals surface area contributed by atoms with E-state index in [0.29, 0.717) is 19.3 Å². The van der Waals surface area contributed by atoms with Crippen molar-refractivity contribution < 1.29 is 18.0 Å². The number of carbonyl (C=O) groups is 1. The summed E-state index contributed by atoms with van der Waals surface area (Å²) in [5.74, 6) is -1.70. The van der Waals surface area contributed by atoms with Crippen LogP contribution >= 0.6 is 0 Å². The summed E-state index contributed by atoms with van der Waals surface area (Å²) in [6, 6.07) is 0. The molecule has 1 rings (SSSR count). The number of hydrogen-bond donors (Lipinski definition) is 2. The van der Waals surface area contributed by atoms with Crippen LogP contribution in [0.5, 0.6) is 0 Å². The molecule has 0 aromatic heterocycles. The Balaban J connectivity index is 2.35. The Morgan fingerprint density at radius 3 is 2.80 bits per heavy atom. The molecule has 6 heteroatoms. The normalized spacial score (nSPS) is 21.6. The lowest BCUT2D eigenvalue weighted by atomic mass is 9.92. The third-order valence-electron chi connectivity index (χ3n) is 3.44. The van der Waals surface area contributed by atoms with Gasteiger partial charge in [-0.3, -0.25) is 4.79 Å². The predicted molar refractivity (Wildman–Crippen MR) is 71.6 cm³/mol. The first-order valence-electron chi connectivity index (χ1n) is 6.80. The predicted octanol–water partition coefficient (Wildman–Crippen LogP) is 2.89. The number of allylic oxidation sites excluding steroid dienone is 3. The summed E-state index contributed by atoms with van der Waals surface area (Å²) in [5.41, 5.74) is 6.42. The molecule has 1 unspecified atom stereocenters. The van der Waals surface area contributed by atoms with Crippen LogP contribution in [0.25, 0.3) is 0 Å². The Morgan fingerprint density at radius 1 is 1.60 bits per heavy atom. The zero-order valence-corrected chi connectivity index (χ0v) is 11.5. The van der Waals surface area contributed by atoms with Crippen molar-refractivity contribution in [2.24, 2.45) is 17.6 Å². The smallest absolute Gasteiger partial charge is 0.395 e. The van der Waals surface area contributed by atoms with Gasteiger partial charge in [0.1, 0.15) is 0 Å². The van der Waals surface area contributed by atoms with Crippen molar-refractivity contribution in [2.75, 3.05) is 6.54 Å². The Labute approximate surface area is 117 Å². The molecular formula is C14H21F3N2O. The van der Waals surface area contributed by atoms with Gasteiger partial charge < -0.3 is 11.1 Å². The second-order valence-corrected chi connectivity index (χ2v) is 4.98. The van der Waals surface area contributed by atoms with Gasteiger partial charge in [-0.2, -0.15) is 13.2 Å². The van der Waals surface area contributed by atoms with Gasteiger partial charge in [-0.1, -0.05) is 25.2 Å². The van der Waals surface area contributed by atoms with Crippen molar-refractivity contribution in [2.45, 2.75) is 38.8 Å². The van der Waals surface area contributed by atoms with Crippen molar-refractivity contribution in [3.05, 3.63) is 23.9 Å². The van der Waals surface area contributed by atoms with Crippen molar-refractivity contribution in [3.63, 3.8) is 0 Å². The number of alkyl halides is 3. The van der Waals surface area contributed by atoms with Crippen LogP contribution in [-0.2, 0) is 4.79 Å².